The maximum Gasteiger partial charge on any atom is 0.153 e. The van der Waals surface area contributed by atoms with E-state index >= 15 is 0 Å². The second-order valence-corrected chi connectivity index (χ2v) is 3.59. The lowest BCUT2D eigenvalue weighted by Crippen LogP contribution is -1.88. The van der Waals surface area contributed by atoms with Gasteiger partial charge < -0.3 is 0 Å². The van der Waals surface area contributed by atoms with Crippen LogP contribution in [0.3, 0.4) is 0 Å². The first-order valence-electron chi connectivity index (χ1n) is 4.57. The normalized spacial score (nSPS) is 10.1. The molecule has 0 saturated carbocycles. The summed E-state index contributed by atoms with van der Waals surface area (Å²) in [5.74, 6) is -0.333. The van der Waals surface area contributed by atoms with Gasteiger partial charge in [0, 0.05) is 11.8 Å². The average Bonchev–Trinajstić information content (AvgIpc) is 2.29. The molecule has 0 aliphatic carbocycles. The number of rotatable bonds is 2. The van der Waals surface area contributed by atoms with E-state index in [1.165, 1.54) is 18.3 Å². The summed E-state index contributed by atoms with van der Waals surface area (Å²) in [5.41, 5.74) is 1.61. The molecule has 0 saturated heterocycles. The Labute approximate surface area is 96.7 Å². The molecule has 1 aromatic carbocycles. The van der Waals surface area contributed by atoms with Crippen molar-refractivity contribution in [2.45, 2.75) is 0 Å². The topological polar surface area (TPSA) is 30.0 Å². The molecule has 16 heavy (non-hydrogen) atoms. The van der Waals surface area contributed by atoms with Crippen LogP contribution in [-0.4, -0.2) is 11.3 Å². The van der Waals surface area contributed by atoms with Gasteiger partial charge in [-0.25, -0.2) is 9.37 Å². The summed E-state index contributed by atoms with van der Waals surface area (Å²) in [6.45, 7) is 0. The zero-order valence-electron chi connectivity index (χ0n) is 8.15. The van der Waals surface area contributed by atoms with Gasteiger partial charge in [-0.05, 0) is 23.8 Å². The highest BCUT2D eigenvalue weighted by atomic mass is 35.5. The molecule has 0 aliphatic heterocycles. The Bertz CT molecular complexity index is 542. The number of aldehydes is 1. The van der Waals surface area contributed by atoms with Crippen LogP contribution in [0, 0.1) is 5.82 Å². The van der Waals surface area contributed by atoms with Crippen LogP contribution in [0.15, 0.2) is 36.5 Å². The van der Waals surface area contributed by atoms with E-state index in [1.807, 2.05) is 0 Å². The molecule has 1 aromatic heterocycles. The number of nitrogens with zero attached hydrogens (tertiary/aromatic N) is 1. The lowest BCUT2D eigenvalue weighted by molar-refractivity contribution is 0.112. The van der Waals surface area contributed by atoms with Crippen LogP contribution in [0.5, 0.6) is 0 Å². The van der Waals surface area contributed by atoms with Crippen LogP contribution in [0.1, 0.15) is 10.4 Å². The van der Waals surface area contributed by atoms with Gasteiger partial charge in [0.1, 0.15) is 11.0 Å². The minimum Gasteiger partial charge on any atom is -0.298 e. The lowest BCUT2D eigenvalue weighted by atomic mass is 10.1. The van der Waals surface area contributed by atoms with Gasteiger partial charge in [-0.15, -0.1) is 0 Å². The van der Waals surface area contributed by atoms with Gasteiger partial charge in [0.05, 0.1) is 5.56 Å². The van der Waals surface area contributed by atoms with Crippen LogP contribution in [-0.2, 0) is 0 Å². The number of halogens is 2. The summed E-state index contributed by atoms with van der Waals surface area (Å²) in [4.78, 5) is 14.5. The van der Waals surface area contributed by atoms with Gasteiger partial charge in [0.2, 0.25) is 0 Å². The van der Waals surface area contributed by atoms with Crippen molar-refractivity contribution in [1.82, 2.24) is 4.98 Å². The Hall–Kier alpha value is -1.74. The highest BCUT2D eigenvalue weighted by molar-refractivity contribution is 6.31. The van der Waals surface area contributed by atoms with Crippen LogP contribution in [0.25, 0.3) is 11.1 Å². The minimum absolute atomic E-state index is 0.148. The van der Waals surface area contributed by atoms with Gasteiger partial charge in [-0.3, -0.25) is 4.79 Å². The average molecular weight is 236 g/mol. The minimum atomic E-state index is -0.333. The third kappa shape index (κ3) is 2.09. The van der Waals surface area contributed by atoms with E-state index in [1.54, 1.807) is 18.2 Å². The second-order valence-electron chi connectivity index (χ2n) is 3.23. The van der Waals surface area contributed by atoms with Crippen molar-refractivity contribution in [3.05, 3.63) is 53.1 Å². The SMILES string of the molecule is O=Cc1cc(-c2cccc(F)c2)cnc1Cl. The first-order chi connectivity index (χ1) is 7.70. The monoisotopic (exact) mass is 235 g/mol. The molecule has 1 heterocycles. The first kappa shape index (κ1) is 10.8. The Balaban J connectivity index is 2.52. The summed E-state index contributed by atoms with van der Waals surface area (Å²) in [5, 5.41) is 0.148. The number of hydrogen-bond acceptors (Lipinski definition) is 2. The molecule has 0 N–H and O–H groups in total. The summed E-state index contributed by atoms with van der Waals surface area (Å²) in [6.07, 6.45) is 2.13. The molecule has 0 spiro atoms. The van der Waals surface area contributed by atoms with Gasteiger partial charge in [-0.2, -0.15) is 0 Å². The fourth-order valence-electron chi connectivity index (χ4n) is 1.37. The van der Waals surface area contributed by atoms with Crippen molar-refractivity contribution in [3.63, 3.8) is 0 Å². The number of pyridine rings is 1. The molecule has 80 valence electrons. The molecule has 0 unspecified atom stereocenters. The maximum absolute atomic E-state index is 13.0. The van der Waals surface area contributed by atoms with Crippen LogP contribution in [0.4, 0.5) is 4.39 Å². The number of benzene rings is 1. The van der Waals surface area contributed by atoms with Gasteiger partial charge in [0.25, 0.3) is 0 Å². The van der Waals surface area contributed by atoms with E-state index in [2.05, 4.69) is 4.98 Å². The Morgan fingerprint density at radius 3 is 2.75 bits per heavy atom. The van der Waals surface area contributed by atoms with E-state index in [0.717, 1.165) is 0 Å². The molecule has 0 atom stereocenters. The standard InChI is InChI=1S/C12H7ClFNO/c13-12-10(7-16)4-9(6-15-12)8-2-1-3-11(14)5-8/h1-7H. The molecule has 0 amide bonds. The van der Waals surface area contributed by atoms with Gasteiger partial charge in [-0.1, -0.05) is 23.7 Å². The lowest BCUT2D eigenvalue weighted by Gasteiger charge is -2.03. The van der Waals surface area contributed by atoms with Crippen molar-refractivity contribution < 1.29 is 9.18 Å². The summed E-state index contributed by atoms with van der Waals surface area (Å²) in [6, 6.07) is 7.65. The Morgan fingerprint density at radius 1 is 1.25 bits per heavy atom. The molecule has 2 aromatic rings. The van der Waals surface area contributed by atoms with Crippen molar-refractivity contribution in [2.75, 3.05) is 0 Å². The highest BCUT2D eigenvalue weighted by Gasteiger charge is 2.04. The molecule has 0 fully saturated rings. The molecule has 2 nitrogen and oxygen atoms in total. The van der Waals surface area contributed by atoms with Crippen molar-refractivity contribution in [2.24, 2.45) is 0 Å². The van der Waals surface area contributed by atoms with E-state index < -0.39 is 0 Å². The quantitative estimate of drug-likeness (QED) is 0.590. The zero-order valence-corrected chi connectivity index (χ0v) is 8.91. The highest BCUT2D eigenvalue weighted by Crippen LogP contribution is 2.22. The van der Waals surface area contributed by atoms with Crippen molar-refractivity contribution >= 4 is 17.9 Å². The number of hydrogen-bond donors (Lipinski definition) is 0. The van der Waals surface area contributed by atoms with Gasteiger partial charge in [0.15, 0.2) is 6.29 Å². The molecule has 4 heteroatoms. The third-order valence-corrected chi connectivity index (χ3v) is 2.47. The summed E-state index contributed by atoms with van der Waals surface area (Å²) in [7, 11) is 0. The molecule has 0 bridgehead atoms. The molecule has 0 aliphatic rings. The molecular formula is C12H7ClFNO. The predicted molar refractivity (Wildman–Crippen MR) is 60.0 cm³/mol. The fourth-order valence-corrected chi connectivity index (χ4v) is 1.52. The second kappa shape index (κ2) is 4.41. The van der Waals surface area contributed by atoms with Crippen LogP contribution in [0.2, 0.25) is 5.15 Å². The van der Waals surface area contributed by atoms with E-state index in [-0.39, 0.29) is 11.0 Å². The van der Waals surface area contributed by atoms with E-state index in [9.17, 15) is 9.18 Å². The third-order valence-electron chi connectivity index (χ3n) is 2.15. The number of aromatic nitrogens is 1. The number of carbonyl (C=O) groups excluding carboxylic acids is 1. The molecule has 0 radical (unpaired) electrons. The van der Waals surface area contributed by atoms with Crippen molar-refractivity contribution in [3.8, 4) is 11.1 Å². The smallest absolute Gasteiger partial charge is 0.153 e. The predicted octanol–water partition coefficient (Wildman–Crippen LogP) is 3.35. The first-order valence-corrected chi connectivity index (χ1v) is 4.95. The van der Waals surface area contributed by atoms with Gasteiger partial charge >= 0.3 is 0 Å². The Morgan fingerprint density at radius 2 is 2.06 bits per heavy atom. The van der Waals surface area contributed by atoms with E-state index in [4.69, 9.17) is 11.6 Å². The van der Waals surface area contributed by atoms with E-state index in [0.29, 0.717) is 23.0 Å². The summed E-state index contributed by atoms with van der Waals surface area (Å²) >= 11 is 5.70. The van der Waals surface area contributed by atoms with Crippen molar-refractivity contribution in [1.29, 1.82) is 0 Å². The molecule has 2 rings (SSSR count). The fraction of sp³-hybridized carbons (Fsp3) is 0. The number of carbonyl (C=O) groups is 1. The largest absolute Gasteiger partial charge is 0.298 e. The molecular weight excluding hydrogens is 229 g/mol. The zero-order chi connectivity index (χ0) is 11.5. The maximum atomic E-state index is 13.0. The summed E-state index contributed by atoms with van der Waals surface area (Å²) < 4.78 is 13.0. The van der Waals surface area contributed by atoms with Crippen LogP contribution < -0.4 is 0 Å². The van der Waals surface area contributed by atoms with Crippen LogP contribution >= 0.6 is 11.6 Å². The Kier molecular flexibility index (Phi) is 2.97.